The summed E-state index contributed by atoms with van der Waals surface area (Å²) in [4.78, 5) is 0. The van der Waals surface area contributed by atoms with E-state index in [2.05, 4.69) is 72.0 Å². The van der Waals surface area contributed by atoms with Crippen molar-refractivity contribution in [3.05, 3.63) is 59.1 Å². The molecular weight excluding hydrogens is 462 g/mol. The summed E-state index contributed by atoms with van der Waals surface area (Å²) in [5.74, 6) is 0. The summed E-state index contributed by atoms with van der Waals surface area (Å²) in [6.07, 6.45) is 8.24. The Morgan fingerprint density at radius 1 is 1.45 bits per heavy atom. The zero-order valence-corrected chi connectivity index (χ0v) is 16.9. The van der Waals surface area contributed by atoms with Crippen LogP contribution in [0, 0.1) is 6.92 Å². The fourth-order valence-electron chi connectivity index (χ4n) is 1.78. The van der Waals surface area contributed by atoms with Crippen molar-refractivity contribution in [1.82, 2.24) is 0 Å². The van der Waals surface area contributed by atoms with E-state index >= 15 is 0 Å². The topological polar surface area (TPSA) is 0 Å². The summed E-state index contributed by atoms with van der Waals surface area (Å²) in [5.41, 5.74) is 1.33. The molecule has 1 heterocycles. The van der Waals surface area contributed by atoms with Crippen LogP contribution < -0.4 is 4.46 Å². The molecule has 1 aromatic carbocycles. The number of hydrogen-bond donors (Lipinski definition) is 0. The van der Waals surface area contributed by atoms with Gasteiger partial charge in [-0.1, -0.05) is 0 Å². The summed E-state index contributed by atoms with van der Waals surface area (Å²) in [6, 6.07) is 6.77. The number of benzene rings is 1. The maximum atomic E-state index is 3.75. The zero-order chi connectivity index (χ0) is 14.5. The van der Waals surface area contributed by atoms with E-state index in [0.29, 0.717) is 15.0 Å². The van der Waals surface area contributed by atoms with E-state index in [1.807, 2.05) is 32.4 Å². The van der Waals surface area contributed by atoms with Crippen LogP contribution in [0.1, 0.15) is 12.5 Å². The predicted molar refractivity (Wildman–Crippen MR) is 105 cm³/mol. The molecule has 0 bridgehead atoms. The van der Waals surface area contributed by atoms with Gasteiger partial charge in [0.1, 0.15) is 0 Å². The average Bonchev–Trinajstić information content (AvgIpc) is 2.80. The van der Waals surface area contributed by atoms with Crippen LogP contribution in [0.5, 0.6) is 0 Å². The number of aryl methyl sites for hydroxylation is 1. The molecule has 2 aromatic rings. The fraction of sp³-hybridized carbons (Fsp3) is 0.125. The Labute approximate surface area is 147 Å². The molecule has 4 heteroatoms. The first-order valence-corrected chi connectivity index (χ1v) is 12.0. The molecular formula is C16H15IS2Se. The number of halogens is 1. The number of rotatable bonds is 5. The van der Waals surface area contributed by atoms with Crippen LogP contribution in [-0.4, -0.2) is 15.0 Å². The molecule has 0 saturated heterocycles. The van der Waals surface area contributed by atoms with Crippen LogP contribution in [0.15, 0.2) is 57.8 Å². The molecule has 0 spiro atoms. The van der Waals surface area contributed by atoms with E-state index in [0.717, 1.165) is 0 Å². The van der Waals surface area contributed by atoms with Gasteiger partial charge in [0.2, 0.25) is 0 Å². The number of thiophene rings is 1. The Balaban J connectivity index is 2.48. The predicted octanol–water partition coefficient (Wildman–Crippen LogP) is 5.63. The third-order valence-electron chi connectivity index (χ3n) is 2.74. The van der Waals surface area contributed by atoms with Crippen LogP contribution in [0.25, 0.3) is 10.1 Å². The standard InChI is InChI=1S/C16H15IS2Se/c1-4-6-7-12(5-2)20-15-13-10-11(3)8-9-14(13)18-16(15)19-17/h4-10H,1H2,2-3H3/b7-6-,12-5+. The van der Waals surface area contributed by atoms with E-state index in [-0.39, 0.29) is 0 Å². The molecule has 0 N–H and O–H groups in total. The summed E-state index contributed by atoms with van der Waals surface area (Å²) >= 11 is 4.64. The summed E-state index contributed by atoms with van der Waals surface area (Å²) in [7, 11) is 1.84. The van der Waals surface area contributed by atoms with E-state index in [9.17, 15) is 0 Å². The van der Waals surface area contributed by atoms with Crippen molar-refractivity contribution in [2.24, 2.45) is 0 Å². The molecule has 0 atom stereocenters. The maximum absolute atomic E-state index is 3.75. The second kappa shape index (κ2) is 7.85. The Morgan fingerprint density at radius 2 is 2.25 bits per heavy atom. The van der Waals surface area contributed by atoms with Crippen LogP contribution in [0.3, 0.4) is 0 Å². The Bertz CT molecular complexity index is 683. The summed E-state index contributed by atoms with van der Waals surface area (Å²) in [6.45, 7) is 8.03. The van der Waals surface area contributed by atoms with Crippen LogP contribution in [0.2, 0.25) is 0 Å². The van der Waals surface area contributed by atoms with Gasteiger partial charge in [0.25, 0.3) is 0 Å². The van der Waals surface area contributed by atoms with Crippen molar-refractivity contribution in [3.63, 3.8) is 0 Å². The Hall–Kier alpha value is -0.000519. The monoisotopic (exact) mass is 478 g/mol. The van der Waals surface area contributed by atoms with Gasteiger partial charge in [-0.3, -0.25) is 0 Å². The first-order chi connectivity index (χ1) is 9.69. The van der Waals surface area contributed by atoms with Gasteiger partial charge in [-0.25, -0.2) is 0 Å². The quantitative estimate of drug-likeness (QED) is 0.306. The second-order valence-corrected chi connectivity index (χ2v) is 9.65. The number of hydrogen-bond acceptors (Lipinski definition) is 2. The van der Waals surface area contributed by atoms with Gasteiger partial charge in [-0.15, -0.1) is 0 Å². The van der Waals surface area contributed by atoms with Crippen LogP contribution >= 0.6 is 41.5 Å². The molecule has 0 aliphatic rings. The molecule has 104 valence electrons. The van der Waals surface area contributed by atoms with Crippen molar-refractivity contribution in [3.8, 4) is 0 Å². The Kier molecular flexibility index (Phi) is 6.43. The van der Waals surface area contributed by atoms with Gasteiger partial charge in [0.05, 0.1) is 0 Å². The van der Waals surface area contributed by atoms with Crippen LogP contribution in [0.4, 0.5) is 0 Å². The number of allylic oxidation sites excluding steroid dienone is 5. The molecule has 1 aromatic heterocycles. The first-order valence-electron chi connectivity index (χ1n) is 6.14. The molecule has 2 rings (SSSR count). The van der Waals surface area contributed by atoms with Crippen molar-refractivity contribution in [1.29, 1.82) is 0 Å². The van der Waals surface area contributed by atoms with Crippen molar-refractivity contribution in [2.75, 3.05) is 0 Å². The van der Waals surface area contributed by atoms with E-state index in [4.69, 9.17) is 0 Å². The van der Waals surface area contributed by atoms with Crippen molar-refractivity contribution >= 4 is 71.0 Å². The SMILES string of the molecule is C=C/C=C\C(=C/C)[Se]c1c(SI)sc2ccc(C)cc12. The molecule has 20 heavy (non-hydrogen) atoms. The first kappa shape index (κ1) is 16.4. The number of fused-ring (bicyclic) bond motifs is 1. The molecule has 0 radical (unpaired) electrons. The molecule has 0 fully saturated rings. The van der Waals surface area contributed by atoms with Gasteiger partial charge in [0.15, 0.2) is 0 Å². The van der Waals surface area contributed by atoms with Gasteiger partial charge >= 0.3 is 148 Å². The zero-order valence-electron chi connectivity index (χ0n) is 11.4. The van der Waals surface area contributed by atoms with E-state index in [1.54, 1.807) is 0 Å². The average molecular weight is 477 g/mol. The van der Waals surface area contributed by atoms with Crippen molar-refractivity contribution in [2.45, 2.75) is 18.1 Å². The summed E-state index contributed by atoms with van der Waals surface area (Å²) in [5, 5.41) is 1.43. The van der Waals surface area contributed by atoms with Gasteiger partial charge in [-0.2, -0.15) is 0 Å². The van der Waals surface area contributed by atoms with Gasteiger partial charge in [-0.05, 0) is 0 Å². The third-order valence-corrected chi connectivity index (χ3v) is 9.94. The minimum atomic E-state index is 0.341. The molecule has 0 saturated carbocycles. The molecule has 0 unspecified atom stereocenters. The normalized spacial score (nSPS) is 12.4. The fourth-order valence-corrected chi connectivity index (χ4v) is 8.56. The van der Waals surface area contributed by atoms with E-state index < -0.39 is 0 Å². The minimum absolute atomic E-state index is 0.341. The van der Waals surface area contributed by atoms with Gasteiger partial charge < -0.3 is 0 Å². The van der Waals surface area contributed by atoms with E-state index in [1.165, 1.54) is 28.8 Å². The molecule has 0 aliphatic carbocycles. The van der Waals surface area contributed by atoms with Crippen molar-refractivity contribution < 1.29 is 0 Å². The Morgan fingerprint density at radius 3 is 2.90 bits per heavy atom. The molecule has 0 aliphatic heterocycles. The second-order valence-electron chi connectivity index (χ2n) is 4.18. The molecule has 0 amide bonds. The summed E-state index contributed by atoms with van der Waals surface area (Å²) < 4.78 is 5.75. The third kappa shape index (κ3) is 3.80. The molecule has 0 nitrogen and oxygen atoms in total. The van der Waals surface area contributed by atoms with Crippen LogP contribution in [-0.2, 0) is 0 Å². The van der Waals surface area contributed by atoms with Gasteiger partial charge in [0, 0.05) is 0 Å².